The zero-order valence-electron chi connectivity index (χ0n) is 6.96. The summed E-state index contributed by atoms with van der Waals surface area (Å²) in [5.74, 6) is 0.228. The van der Waals surface area contributed by atoms with Gasteiger partial charge in [-0.2, -0.15) is 11.8 Å². The van der Waals surface area contributed by atoms with Crippen molar-refractivity contribution in [1.29, 1.82) is 0 Å². The average molecular weight is 174 g/mol. The van der Waals surface area contributed by atoms with Crippen molar-refractivity contribution < 1.29 is 4.79 Å². The zero-order chi connectivity index (χ0) is 8.27. The van der Waals surface area contributed by atoms with Crippen LogP contribution in [0.3, 0.4) is 0 Å². The molecule has 0 bridgehead atoms. The highest BCUT2D eigenvalue weighted by Gasteiger charge is 2.20. The van der Waals surface area contributed by atoms with Crippen molar-refractivity contribution in [3.8, 4) is 0 Å². The molecule has 0 aromatic rings. The van der Waals surface area contributed by atoms with E-state index in [0.717, 1.165) is 13.2 Å². The molecule has 1 saturated heterocycles. The zero-order valence-corrected chi connectivity index (χ0v) is 7.78. The third kappa shape index (κ3) is 2.38. The van der Waals surface area contributed by atoms with Gasteiger partial charge >= 0.3 is 0 Å². The number of amides is 1. The average Bonchev–Trinajstić information content (AvgIpc) is 2.37. The second kappa shape index (κ2) is 3.97. The van der Waals surface area contributed by atoms with Crippen molar-refractivity contribution in [1.82, 2.24) is 10.2 Å². The number of thioether (sulfide) groups is 1. The third-order valence-corrected chi connectivity index (χ3v) is 2.77. The maximum absolute atomic E-state index is 11.1. The number of nitrogens with zero attached hydrogens (tertiary/aromatic N) is 1. The van der Waals surface area contributed by atoms with Gasteiger partial charge in [-0.05, 0) is 6.26 Å². The molecular weight excluding hydrogens is 160 g/mol. The van der Waals surface area contributed by atoms with E-state index in [-0.39, 0.29) is 5.91 Å². The topological polar surface area (TPSA) is 32.3 Å². The summed E-state index contributed by atoms with van der Waals surface area (Å²) in [6, 6.07) is 0. The SMILES string of the molecule is CSC(C)CN1CNCC1=O. The minimum Gasteiger partial charge on any atom is -0.328 e. The predicted octanol–water partition coefficient (Wildman–Crippen LogP) is 0.127. The summed E-state index contributed by atoms with van der Waals surface area (Å²) >= 11 is 1.79. The molecule has 0 aromatic heterocycles. The molecule has 1 aliphatic rings. The summed E-state index contributed by atoms with van der Waals surface area (Å²) in [5, 5.41) is 3.56. The first-order chi connectivity index (χ1) is 5.24. The first kappa shape index (κ1) is 8.87. The second-order valence-electron chi connectivity index (χ2n) is 2.75. The van der Waals surface area contributed by atoms with Crippen molar-refractivity contribution in [3.05, 3.63) is 0 Å². The van der Waals surface area contributed by atoms with Gasteiger partial charge < -0.3 is 4.90 Å². The van der Waals surface area contributed by atoms with E-state index in [1.165, 1.54) is 0 Å². The summed E-state index contributed by atoms with van der Waals surface area (Å²) in [6.45, 7) is 4.24. The van der Waals surface area contributed by atoms with Crippen LogP contribution in [-0.4, -0.2) is 42.1 Å². The molecule has 0 spiro atoms. The molecule has 1 amide bonds. The van der Waals surface area contributed by atoms with E-state index in [0.29, 0.717) is 11.8 Å². The van der Waals surface area contributed by atoms with Gasteiger partial charge in [-0.1, -0.05) is 6.92 Å². The van der Waals surface area contributed by atoms with Crippen LogP contribution >= 0.6 is 11.8 Å². The molecule has 4 heteroatoms. The summed E-state index contributed by atoms with van der Waals surface area (Å²) < 4.78 is 0. The molecule has 1 fully saturated rings. The van der Waals surface area contributed by atoms with Crippen LogP contribution < -0.4 is 5.32 Å². The normalized spacial score (nSPS) is 20.9. The molecule has 1 N–H and O–H groups in total. The van der Waals surface area contributed by atoms with E-state index in [2.05, 4.69) is 18.5 Å². The minimum absolute atomic E-state index is 0.228. The lowest BCUT2D eigenvalue weighted by atomic mass is 10.4. The van der Waals surface area contributed by atoms with Crippen LogP contribution in [0.25, 0.3) is 0 Å². The Morgan fingerprint density at radius 1 is 1.82 bits per heavy atom. The van der Waals surface area contributed by atoms with E-state index in [1.807, 2.05) is 4.90 Å². The van der Waals surface area contributed by atoms with Crippen molar-refractivity contribution in [2.75, 3.05) is 26.0 Å². The Morgan fingerprint density at radius 3 is 3.00 bits per heavy atom. The van der Waals surface area contributed by atoms with Gasteiger partial charge in [0, 0.05) is 11.8 Å². The van der Waals surface area contributed by atoms with Gasteiger partial charge in [0.2, 0.25) is 5.91 Å². The molecule has 3 nitrogen and oxygen atoms in total. The molecule has 1 heterocycles. The Hall–Kier alpha value is -0.220. The minimum atomic E-state index is 0.228. The van der Waals surface area contributed by atoms with Gasteiger partial charge in [-0.15, -0.1) is 0 Å². The van der Waals surface area contributed by atoms with E-state index >= 15 is 0 Å². The molecule has 1 rings (SSSR count). The number of hydrogen-bond acceptors (Lipinski definition) is 3. The van der Waals surface area contributed by atoms with Gasteiger partial charge in [0.15, 0.2) is 0 Å². The fraction of sp³-hybridized carbons (Fsp3) is 0.857. The van der Waals surface area contributed by atoms with Crippen LogP contribution in [0.15, 0.2) is 0 Å². The van der Waals surface area contributed by atoms with Gasteiger partial charge in [-0.25, -0.2) is 0 Å². The molecule has 0 aliphatic carbocycles. The highest BCUT2D eigenvalue weighted by Crippen LogP contribution is 2.08. The fourth-order valence-corrected chi connectivity index (χ4v) is 1.38. The Balaban J connectivity index is 2.30. The number of nitrogens with one attached hydrogen (secondary N) is 1. The standard InChI is InChI=1S/C7H14N2OS/c1-6(11-2)4-9-5-8-3-7(9)10/h6,8H,3-5H2,1-2H3. The number of hydrogen-bond donors (Lipinski definition) is 1. The molecule has 11 heavy (non-hydrogen) atoms. The lowest BCUT2D eigenvalue weighted by Gasteiger charge is -2.18. The van der Waals surface area contributed by atoms with Crippen LogP contribution in [0.1, 0.15) is 6.92 Å². The maximum Gasteiger partial charge on any atom is 0.237 e. The number of carbonyl (C=O) groups is 1. The Kier molecular flexibility index (Phi) is 3.20. The van der Waals surface area contributed by atoms with Crippen molar-refractivity contribution in [2.24, 2.45) is 0 Å². The highest BCUT2D eigenvalue weighted by molar-refractivity contribution is 7.99. The fourth-order valence-electron chi connectivity index (χ4n) is 1.05. The van der Waals surface area contributed by atoms with Crippen molar-refractivity contribution in [2.45, 2.75) is 12.2 Å². The number of carbonyl (C=O) groups excluding carboxylic acids is 1. The first-order valence-corrected chi connectivity index (χ1v) is 5.04. The molecule has 0 saturated carbocycles. The van der Waals surface area contributed by atoms with Crippen LogP contribution in [-0.2, 0) is 4.79 Å². The molecule has 1 unspecified atom stereocenters. The molecule has 64 valence electrons. The smallest absolute Gasteiger partial charge is 0.237 e. The van der Waals surface area contributed by atoms with Gasteiger partial charge in [-0.3, -0.25) is 10.1 Å². The van der Waals surface area contributed by atoms with Gasteiger partial charge in [0.05, 0.1) is 13.2 Å². The summed E-state index contributed by atoms with van der Waals surface area (Å²) in [7, 11) is 0. The van der Waals surface area contributed by atoms with Gasteiger partial charge in [0.1, 0.15) is 0 Å². The molecule has 1 atom stereocenters. The van der Waals surface area contributed by atoms with Crippen molar-refractivity contribution >= 4 is 17.7 Å². The third-order valence-electron chi connectivity index (χ3n) is 1.81. The van der Waals surface area contributed by atoms with Crippen LogP contribution in [0.4, 0.5) is 0 Å². The van der Waals surface area contributed by atoms with Crippen LogP contribution in [0.5, 0.6) is 0 Å². The summed E-state index contributed by atoms with van der Waals surface area (Å²) in [4.78, 5) is 12.9. The molecule has 0 aromatic carbocycles. The van der Waals surface area contributed by atoms with Crippen LogP contribution in [0, 0.1) is 0 Å². The Morgan fingerprint density at radius 2 is 2.55 bits per heavy atom. The first-order valence-electron chi connectivity index (χ1n) is 3.75. The quantitative estimate of drug-likeness (QED) is 0.660. The number of rotatable bonds is 3. The second-order valence-corrected chi connectivity index (χ2v) is 4.02. The Bertz CT molecular complexity index is 151. The van der Waals surface area contributed by atoms with E-state index in [1.54, 1.807) is 11.8 Å². The largest absolute Gasteiger partial charge is 0.328 e. The summed E-state index contributed by atoms with van der Waals surface area (Å²) in [5.41, 5.74) is 0. The highest BCUT2D eigenvalue weighted by atomic mass is 32.2. The lowest BCUT2D eigenvalue weighted by Crippen LogP contribution is -2.31. The maximum atomic E-state index is 11.1. The molecular formula is C7H14N2OS. The van der Waals surface area contributed by atoms with Gasteiger partial charge in [0.25, 0.3) is 0 Å². The monoisotopic (exact) mass is 174 g/mol. The van der Waals surface area contributed by atoms with E-state index in [4.69, 9.17) is 0 Å². The van der Waals surface area contributed by atoms with Crippen molar-refractivity contribution in [3.63, 3.8) is 0 Å². The predicted molar refractivity (Wildman–Crippen MR) is 47.6 cm³/mol. The van der Waals surface area contributed by atoms with E-state index < -0.39 is 0 Å². The van der Waals surface area contributed by atoms with Crippen LogP contribution in [0.2, 0.25) is 0 Å². The lowest BCUT2D eigenvalue weighted by molar-refractivity contribution is -0.126. The molecule has 0 radical (unpaired) electrons. The van der Waals surface area contributed by atoms with E-state index in [9.17, 15) is 4.79 Å². The summed E-state index contributed by atoms with van der Waals surface area (Å²) in [6.07, 6.45) is 2.07. The molecule has 1 aliphatic heterocycles. The Labute approximate surface area is 71.5 Å².